The molecule has 1 aromatic carbocycles. The summed E-state index contributed by atoms with van der Waals surface area (Å²) in [5, 5.41) is 6.94. The number of nitrogens with zero attached hydrogens (tertiary/aromatic N) is 2. The molecule has 138 valence electrons. The average molecular weight is 358 g/mol. The Bertz CT molecular complexity index is 763. The van der Waals surface area contributed by atoms with Crippen molar-refractivity contribution in [3.05, 3.63) is 23.8 Å². The Morgan fingerprint density at radius 3 is 2.60 bits per heavy atom. The van der Waals surface area contributed by atoms with Gasteiger partial charge in [0.25, 0.3) is 0 Å². The van der Waals surface area contributed by atoms with Crippen molar-refractivity contribution < 1.29 is 22.7 Å². The summed E-state index contributed by atoms with van der Waals surface area (Å²) in [6.07, 6.45) is -4.43. The van der Waals surface area contributed by atoms with Gasteiger partial charge >= 0.3 is 12.3 Å². The highest BCUT2D eigenvalue weighted by molar-refractivity contribution is 5.89. The van der Waals surface area contributed by atoms with E-state index in [2.05, 4.69) is 10.4 Å². The molecule has 0 unspecified atom stereocenters. The molecule has 2 aromatic rings. The average Bonchev–Trinajstić information content (AvgIpc) is 2.77. The van der Waals surface area contributed by atoms with Crippen molar-refractivity contribution >= 4 is 22.8 Å². The van der Waals surface area contributed by atoms with Gasteiger partial charge in [-0.15, -0.1) is 0 Å². The minimum absolute atomic E-state index is 0.0428. The number of nitrogens with one attached hydrogen (secondary N) is 1. The van der Waals surface area contributed by atoms with E-state index in [9.17, 15) is 18.0 Å². The van der Waals surface area contributed by atoms with Crippen LogP contribution in [0.3, 0.4) is 0 Å². The second-order valence-corrected chi connectivity index (χ2v) is 6.62. The van der Waals surface area contributed by atoms with Crippen LogP contribution in [0, 0.1) is 0 Å². The van der Waals surface area contributed by atoms with Crippen LogP contribution in [0.2, 0.25) is 0 Å². The number of nitrogens with two attached hydrogens (primary N) is 1. The quantitative estimate of drug-likeness (QED) is 0.819. The molecule has 6 nitrogen and oxygen atoms in total. The number of rotatable bonds is 4. The normalized spacial score (nSPS) is 12.4. The SMILES string of the molecule is CC(C)(C)OC(=O)NCCCn1nc(N)c2cc(C(F)(F)F)ccc21. The van der Waals surface area contributed by atoms with Crippen molar-refractivity contribution in [3.63, 3.8) is 0 Å². The lowest BCUT2D eigenvalue weighted by molar-refractivity contribution is -0.137. The van der Waals surface area contributed by atoms with Crippen molar-refractivity contribution in [1.82, 2.24) is 15.1 Å². The van der Waals surface area contributed by atoms with E-state index >= 15 is 0 Å². The molecule has 0 atom stereocenters. The van der Waals surface area contributed by atoms with Crippen LogP contribution in [0.4, 0.5) is 23.8 Å². The van der Waals surface area contributed by atoms with Crippen LogP contribution in [-0.2, 0) is 17.5 Å². The van der Waals surface area contributed by atoms with Crippen molar-refractivity contribution in [2.24, 2.45) is 0 Å². The number of hydrogen-bond donors (Lipinski definition) is 2. The number of hydrogen-bond acceptors (Lipinski definition) is 4. The van der Waals surface area contributed by atoms with E-state index in [1.165, 1.54) is 10.7 Å². The zero-order chi connectivity index (χ0) is 18.8. The lowest BCUT2D eigenvalue weighted by Crippen LogP contribution is -2.33. The lowest BCUT2D eigenvalue weighted by atomic mass is 10.1. The minimum atomic E-state index is -4.43. The van der Waals surface area contributed by atoms with Crippen molar-refractivity contribution in [2.45, 2.75) is 45.5 Å². The van der Waals surface area contributed by atoms with Crippen LogP contribution in [0.25, 0.3) is 10.9 Å². The van der Waals surface area contributed by atoms with E-state index in [0.29, 0.717) is 25.0 Å². The molecule has 25 heavy (non-hydrogen) atoms. The number of carbonyl (C=O) groups excluding carboxylic acids is 1. The number of halogens is 3. The largest absolute Gasteiger partial charge is 0.444 e. The predicted octanol–water partition coefficient (Wildman–Crippen LogP) is 3.55. The highest BCUT2D eigenvalue weighted by atomic mass is 19.4. The first kappa shape index (κ1) is 18.9. The zero-order valence-electron chi connectivity index (χ0n) is 14.3. The van der Waals surface area contributed by atoms with Gasteiger partial charge in [-0.05, 0) is 45.4 Å². The molecule has 0 radical (unpaired) electrons. The maximum absolute atomic E-state index is 12.8. The molecule has 1 heterocycles. The number of alkyl halides is 3. The van der Waals surface area contributed by atoms with Crippen LogP contribution in [0.15, 0.2) is 18.2 Å². The third-order valence-electron chi connectivity index (χ3n) is 3.32. The molecule has 2 rings (SSSR count). The summed E-state index contributed by atoms with van der Waals surface area (Å²) in [7, 11) is 0. The molecule has 0 saturated heterocycles. The molecule has 9 heteroatoms. The summed E-state index contributed by atoms with van der Waals surface area (Å²) in [4.78, 5) is 11.5. The number of aromatic nitrogens is 2. The summed E-state index contributed by atoms with van der Waals surface area (Å²) in [5.41, 5.74) is 4.90. The molecular weight excluding hydrogens is 337 g/mol. The number of nitrogen functional groups attached to an aromatic ring is 1. The molecule has 0 aliphatic heterocycles. The summed E-state index contributed by atoms with van der Waals surface area (Å²) in [6.45, 7) is 6.03. The number of alkyl carbamates (subject to hydrolysis) is 1. The van der Waals surface area contributed by atoms with E-state index < -0.39 is 23.4 Å². The molecule has 0 saturated carbocycles. The molecule has 3 N–H and O–H groups in total. The molecule has 0 fully saturated rings. The first-order valence-electron chi connectivity index (χ1n) is 7.77. The van der Waals surface area contributed by atoms with Crippen LogP contribution < -0.4 is 11.1 Å². The second kappa shape index (κ2) is 6.81. The Kier molecular flexibility index (Phi) is 5.15. The number of anilines is 1. The van der Waals surface area contributed by atoms with E-state index in [4.69, 9.17) is 10.5 Å². The molecule has 0 spiro atoms. The Morgan fingerprint density at radius 2 is 2.00 bits per heavy atom. The molecular formula is C16H21F3N4O2. The first-order valence-corrected chi connectivity index (χ1v) is 7.77. The smallest absolute Gasteiger partial charge is 0.416 e. The van der Waals surface area contributed by atoms with Gasteiger partial charge in [-0.3, -0.25) is 4.68 Å². The summed E-state index contributed by atoms with van der Waals surface area (Å²) in [5.74, 6) is 0.0428. The van der Waals surface area contributed by atoms with Gasteiger partial charge in [0, 0.05) is 18.5 Å². The van der Waals surface area contributed by atoms with Crippen molar-refractivity contribution in [2.75, 3.05) is 12.3 Å². The van der Waals surface area contributed by atoms with E-state index in [1.807, 2.05) is 0 Å². The minimum Gasteiger partial charge on any atom is -0.444 e. The van der Waals surface area contributed by atoms with E-state index in [0.717, 1.165) is 12.1 Å². The van der Waals surface area contributed by atoms with Gasteiger partial charge in [-0.2, -0.15) is 18.3 Å². The number of ether oxygens (including phenoxy) is 1. The van der Waals surface area contributed by atoms with Gasteiger partial charge in [0.2, 0.25) is 0 Å². The fourth-order valence-corrected chi connectivity index (χ4v) is 2.28. The fourth-order valence-electron chi connectivity index (χ4n) is 2.28. The van der Waals surface area contributed by atoms with E-state index in [-0.39, 0.29) is 11.2 Å². The number of carbonyl (C=O) groups is 1. The Balaban J connectivity index is 1.99. The zero-order valence-corrected chi connectivity index (χ0v) is 14.3. The number of fused-ring (bicyclic) bond motifs is 1. The van der Waals surface area contributed by atoms with Gasteiger partial charge in [-0.25, -0.2) is 4.79 Å². The van der Waals surface area contributed by atoms with Crippen LogP contribution in [-0.4, -0.2) is 28.0 Å². The third kappa shape index (κ3) is 5.01. The summed E-state index contributed by atoms with van der Waals surface area (Å²) in [6, 6.07) is 3.34. The summed E-state index contributed by atoms with van der Waals surface area (Å²) >= 11 is 0. The van der Waals surface area contributed by atoms with Gasteiger partial charge in [0.15, 0.2) is 5.82 Å². The maximum atomic E-state index is 12.8. The Morgan fingerprint density at radius 1 is 1.32 bits per heavy atom. The van der Waals surface area contributed by atoms with E-state index in [1.54, 1.807) is 20.8 Å². The van der Waals surface area contributed by atoms with Crippen molar-refractivity contribution in [1.29, 1.82) is 0 Å². The van der Waals surface area contributed by atoms with Gasteiger partial charge in [0.05, 0.1) is 11.1 Å². The number of benzene rings is 1. The third-order valence-corrected chi connectivity index (χ3v) is 3.32. The molecule has 1 aromatic heterocycles. The van der Waals surface area contributed by atoms with Gasteiger partial charge in [-0.1, -0.05) is 0 Å². The number of aryl methyl sites for hydroxylation is 1. The van der Waals surface area contributed by atoms with Crippen molar-refractivity contribution in [3.8, 4) is 0 Å². The molecule has 1 amide bonds. The first-order chi connectivity index (χ1) is 11.5. The topological polar surface area (TPSA) is 82.2 Å². The highest BCUT2D eigenvalue weighted by Gasteiger charge is 2.31. The highest BCUT2D eigenvalue weighted by Crippen LogP contribution is 2.32. The maximum Gasteiger partial charge on any atom is 0.416 e. The molecule has 0 aliphatic rings. The lowest BCUT2D eigenvalue weighted by Gasteiger charge is -2.19. The van der Waals surface area contributed by atoms with Gasteiger partial charge in [0.1, 0.15) is 5.60 Å². The molecule has 0 aliphatic carbocycles. The van der Waals surface area contributed by atoms with Crippen LogP contribution in [0.1, 0.15) is 32.8 Å². The van der Waals surface area contributed by atoms with Gasteiger partial charge < -0.3 is 15.8 Å². The fraction of sp³-hybridized carbons (Fsp3) is 0.500. The molecule has 0 bridgehead atoms. The van der Waals surface area contributed by atoms with Crippen LogP contribution >= 0.6 is 0 Å². The monoisotopic (exact) mass is 358 g/mol. The summed E-state index contributed by atoms with van der Waals surface area (Å²) < 4.78 is 45.0. The standard InChI is InChI=1S/C16H21F3N4O2/c1-15(2,3)25-14(24)21-7-4-8-23-12-6-5-10(16(17,18)19)9-11(12)13(20)22-23/h5-6,9H,4,7-8H2,1-3H3,(H2,20,22)(H,21,24). The number of amides is 1. The Hall–Kier alpha value is -2.45. The predicted molar refractivity (Wildman–Crippen MR) is 88.0 cm³/mol. The van der Waals surface area contributed by atoms with Crippen LogP contribution in [0.5, 0.6) is 0 Å². The second-order valence-electron chi connectivity index (χ2n) is 6.62. The Labute approximate surface area is 143 Å².